The van der Waals surface area contributed by atoms with E-state index in [1.54, 1.807) is 0 Å². The van der Waals surface area contributed by atoms with Crippen molar-refractivity contribution in [2.24, 2.45) is 5.92 Å². The van der Waals surface area contributed by atoms with Crippen LogP contribution in [0.15, 0.2) is 120 Å². The van der Waals surface area contributed by atoms with Gasteiger partial charge in [0.2, 0.25) is 0 Å². The van der Waals surface area contributed by atoms with E-state index in [0.717, 1.165) is 17.6 Å². The average Bonchev–Trinajstić information content (AvgIpc) is 3.35. The minimum atomic E-state index is 0.474. The van der Waals surface area contributed by atoms with Gasteiger partial charge in [-0.1, -0.05) is 116 Å². The lowest BCUT2D eigenvalue weighted by molar-refractivity contribution is 0.669. The summed E-state index contributed by atoms with van der Waals surface area (Å²) in [5, 5.41) is 7.45. The van der Waals surface area contributed by atoms with E-state index in [1.165, 1.54) is 65.7 Å². The van der Waals surface area contributed by atoms with Gasteiger partial charge in [-0.3, -0.25) is 0 Å². The van der Waals surface area contributed by atoms with E-state index in [9.17, 15) is 0 Å². The van der Waals surface area contributed by atoms with Gasteiger partial charge in [0.25, 0.3) is 0 Å². The maximum Gasteiger partial charge on any atom is 0.143 e. The van der Waals surface area contributed by atoms with Crippen molar-refractivity contribution in [1.82, 2.24) is 0 Å². The number of rotatable bonds is 2. The first-order valence-electron chi connectivity index (χ1n) is 13.4. The molecule has 38 heavy (non-hydrogen) atoms. The molecular weight excluding hydrogens is 460 g/mol. The highest BCUT2D eigenvalue weighted by molar-refractivity contribution is 6.16. The fourth-order valence-electron chi connectivity index (χ4n) is 6.47. The molecule has 1 unspecified atom stereocenters. The number of allylic oxidation sites excluding steroid dienone is 1. The van der Waals surface area contributed by atoms with Crippen molar-refractivity contribution >= 4 is 49.6 Å². The molecule has 1 atom stereocenters. The summed E-state index contributed by atoms with van der Waals surface area (Å²) in [4.78, 5) is 0. The molecule has 0 aliphatic heterocycles. The molecule has 6 aromatic carbocycles. The SMILES string of the molecule is CC1C=Cc2c(c(-c3cccc4c3oc3ccccc34)c3ccccc3c2-c2ccc3ccccc3c2)C1. The molecule has 0 fully saturated rings. The predicted octanol–water partition coefficient (Wildman–Crippen LogP) is 10.4. The second-order valence-electron chi connectivity index (χ2n) is 10.6. The van der Waals surface area contributed by atoms with Crippen LogP contribution in [0.1, 0.15) is 18.1 Å². The molecule has 0 saturated carbocycles. The third kappa shape index (κ3) is 3.12. The quantitative estimate of drug-likeness (QED) is 0.237. The van der Waals surface area contributed by atoms with Crippen molar-refractivity contribution in [1.29, 1.82) is 0 Å². The average molecular weight is 487 g/mol. The molecule has 0 spiro atoms. The highest BCUT2D eigenvalue weighted by atomic mass is 16.3. The molecule has 0 N–H and O–H groups in total. The summed E-state index contributed by atoms with van der Waals surface area (Å²) in [5.41, 5.74) is 9.74. The summed E-state index contributed by atoms with van der Waals surface area (Å²) in [6.45, 7) is 2.32. The van der Waals surface area contributed by atoms with E-state index in [4.69, 9.17) is 4.42 Å². The number of hydrogen-bond donors (Lipinski definition) is 0. The van der Waals surface area contributed by atoms with Gasteiger partial charge in [-0.25, -0.2) is 0 Å². The highest BCUT2D eigenvalue weighted by Gasteiger charge is 2.25. The van der Waals surface area contributed by atoms with Gasteiger partial charge in [0.05, 0.1) is 0 Å². The van der Waals surface area contributed by atoms with E-state index in [1.807, 2.05) is 6.07 Å². The Morgan fingerprint density at radius 1 is 0.632 bits per heavy atom. The van der Waals surface area contributed by atoms with Crippen LogP contribution in [0.2, 0.25) is 0 Å². The third-order valence-electron chi connectivity index (χ3n) is 8.19. The normalized spacial score (nSPS) is 15.0. The van der Waals surface area contributed by atoms with Gasteiger partial charge < -0.3 is 4.42 Å². The van der Waals surface area contributed by atoms with E-state index in [2.05, 4.69) is 122 Å². The first-order chi connectivity index (χ1) is 18.8. The first kappa shape index (κ1) is 21.5. The fourth-order valence-corrected chi connectivity index (χ4v) is 6.47. The molecule has 1 aliphatic carbocycles. The molecule has 1 heterocycles. The Labute approximate surface area is 221 Å². The lowest BCUT2D eigenvalue weighted by Gasteiger charge is -2.26. The molecule has 1 nitrogen and oxygen atoms in total. The van der Waals surface area contributed by atoms with Crippen LogP contribution in [0.3, 0.4) is 0 Å². The molecular formula is C37H26O. The summed E-state index contributed by atoms with van der Waals surface area (Å²) in [5.74, 6) is 0.474. The van der Waals surface area contributed by atoms with Gasteiger partial charge in [0.1, 0.15) is 11.2 Å². The van der Waals surface area contributed by atoms with Crippen LogP contribution in [0, 0.1) is 5.92 Å². The Morgan fingerprint density at radius 2 is 1.34 bits per heavy atom. The van der Waals surface area contributed by atoms with Gasteiger partial charge in [0, 0.05) is 16.3 Å². The molecule has 0 amide bonds. The Balaban J connectivity index is 1.51. The number of para-hydroxylation sites is 2. The Morgan fingerprint density at radius 3 is 2.21 bits per heavy atom. The minimum absolute atomic E-state index is 0.474. The van der Waals surface area contributed by atoms with Crippen LogP contribution in [-0.2, 0) is 6.42 Å². The number of benzene rings is 6. The Bertz CT molecular complexity index is 2070. The van der Waals surface area contributed by atoms with Gasteiger partial charge in [-0.05, 0) is 73.8 Å². The number of hydrogen-bond acceptors (Lipinski definition) is 1. The van der Waals surface area contributed by atoms with Gasteiger partial charge in [-0.15, -0.1) is 0 Å². The smallest absolute Gasteiger partial charge is 0.143 e. The monoisotopic (exact) mass is 486 g/mol. The molecule has 1 aliphatic rings. The van der Waals surface area contributed by atoms with Crippen molar-refractivity contribution in [2.75, 3.05) is 0 Å². The zero-order valence-corrected chi connectivity index (χ0v) is 21.2. The van der Waals surface area contributed by atoms with Crippen LogP contribution in [0.4, 0.5) is 0 Å². The van der Waals surface area contributed by atoms with E-state index >= 15 is 0 Å². The standard InChI is InChI=1S/C37H26O/c1-23-17-20-30-33(21-23)36(32-15-8-14-31-27-11-6-7-16-34(27)38-37(31)32)29-13-5-4-12-28(29)35(30)26-19-18-24-9-2-3-10-25(24)22-26/h2-20,22-23H,21H2,1H3. The van der Waals surface area contributed by atoms with Gasteiger partial charge in [-0.2, -0.15) is 0 Å². The second kappa shape index (κ2) is 8.19. The Kier molecular flexibility index (Phi) is 4.63. The van der Waals surface area contributed by atoms with Crippen molar-refractivity contribution in [3.8, 4) is 22.3 Å². The maximum absolute atomic E-state index is 6.55. The lowest BCUT2D eigenvalue weighted by Crippen LogP contribution is -2.08. The predicted molar refractivity (Wildman–Crippen MR) is 162 cm³/mol. The van der Waals surface area contributed by atoms with Crippen LogP contribution in [0.25, 0.3) is 71.8 Å². The fraction of sp³-hybridized carbons (Fsp3) is 0.0811. The van der Waals surface area contributed by atoms with Crippen molar-refractivity contribution in [3.05, 3.63) is 126 Å². The zero-order valence-electron chi connectivity index (χ0n) is 21.2. The van der Waals surface area contributed by atoms with Gasteiger partial charge >= 0.3 is 0 Å². The van der Waals surface area contributed by atoms with Crippen LogP contribution in [0.5, 0.6) is 0 Å². The molecule has 0 saturated heterocycles. The van der Waals surface area contributed by atoms with Crippen molar-refractivity contribution < 1.29 is 4.42 Å². The number of fused-ring (bicyclic) bond motifs is 6. The van der Waals surface area contributed by atoms with E-state index in [-0.39, 0.29) is 0 Å². The molecule has 0 radical (unpaired) electrons. The molecule has 1 heteroatoms. The maximum atomic E-state index is 6.55. The summed E-state index contributed by atoms with van der Waals surface area (Å²) in [6, 6.07) is 39.4. The lowest BCUT2D eigenvalue weighted by atomic mass is 9.78. The summed E-state index contributed by atoms with van der Waals surface area (Å²) < 4.78 is 6.55. The second-order valence-corrected chi connectivity index (χ2v) is 10.6. The number of furan rings is 1. The van der Waals surface area contributed by atoms with Crippen molar-refractivity contribution in [2.45, 2.75) is 13.3 Å². The molecule has 0 bridgehead atoms. The summed E-state index contributed by atoms with van der Waals surface area (Å²) in [7, 11) is 0. The summed E-state index contributed by atoms with van der Waals surface area (Å²) in [6.07, 6.45) is 5.74. The minimum Gasteiger partial charge on any atom is -0.455 e. The molecule has 7 aromatic rings. The third-order valence-corrected chi connectivity index (χ3v) is 8.19. The Hall–Kier alpha value is -4.62. The van der Waals surface area contributed by atoms with Crippen molar-refractivity contribution in [3.63, 3.8) is 0 Å². The topological polar surface area (TPSA) is 13.1 Å². The van der Waals surface area contributed by atoms with E-state index in [0.29, 0.717) is 5.92 Å². The highest BCUT2D eigenvalue weighted by Crippen LogP contribution is 2.47. The first-order valence-corrected chi connectivity index (χ1v) is 13.4. The molecule has 180 valence electrons. The van der Waals surface area contributed by atoms with Crippen LogP contribution < -0.4 is 0 Å². The molecule has 8 rings (SSSR count). The van der Waals surface area contributed by atoms with E-state index < -0.39 is 0 Å². The zero-order chi connectivity index (χ0) is 25.2. The largest absolute Gasteiger partial charge is 0.455 e. The van der Waals surface area contributed by atoms with Gasteiger partial charge in [0.15, 0.2) is 0 Å². The molecule has 1 aromatic heterocycles. The van der Waals surface area contributed by atoms with Crippen LogP contribution >= 0.6 is 0 Å². The summed E-state index contributed by atoms with van der Waals surface area (Å²) >= 11 is 0. The van der Waals surface area contributed by atoms with Crippen LogP contribution in [-0.4, -0.2) is 0 Å².